The standard InChI is InChI=1S/C28H35N7O3/c1-18-11-21-14-29-35(24(21)12-23(18)20-3-7-33(8-4-20)22-15-37-16-22)26-13-25(30-19(2)31-26)34-9-5-28(6-10-34)32-27(36)17-38-28/h11-14,20,22H,3-10,15-17H2,1-2H3,(H,32,36). The zero-order valence-corrected chi connectivity index (χ0v) is 22.2. The molecule has 1 aromatic carbocycles. The fourth-order valence-electron chi connectivity index (χ4n) is 6.54. The van der Waals surface area contributed by atoms with Gasteiger partial charge in [0.15, 0.2) is 5.82 Å². The number of piperidine rings is 2. The second-order valence-electron chi connectivity index (χ2n) is 11.3. The highest BCUT2D eigenvalue weighted by Crippen LogP contribution is 2.35. The molecule has 0 saturated carbocycles. The van der Waals surface area contributed by atoms with Gasteiger partial charge in [-0.1, -0.05) is 0 Å². The van der Waals surface area contributed by atoms with Crippen molar-refractivity contribution < 1.29 is 14.3 Å². The van der Waals surface area contributed by atoms with Crippen molar-refractivity contribution in [2.24, 2.45) is 0 Å². The quantitative estimate of drug-likeness (QED) is 0.564. The average Bonchev–Trinajstić information content (AvgIpc) is 3.46. The van der Waals surface area contributed by atoms with Crippen molar-refractivity contribution >= 4 is 22.6 Å². The van der Waals surface area contributed by atoms with Crippen LogP contribution < -0.4 is 10.2 Å². The summed E-state index contributed by atoms with van der Waals surface area (Å²) in [5, 5.41) is 8.90. The summed E-state index contributed by atoms with van der Waals surface area (Å²) >= 11 is 0. The fourth-order valence-corrected chi connectivity index (χ4v) is 6.54. The van der Waals surface area contributed by atoms with Gasteiger partial charge in [0.1, 0.15) is 24.0 Å². The third-order valence-electron chi connectivity index (χ3n) is 8.83. The smallest absolute Gasteiger partial charge is 0.248 e. The van der Waals surface area contributed by atoms with E-state index in [4.69, 9.17) is 24.5 Å². The molecule has 0 atom stereocenters. The SMILES string of the molecule is Cc1nc(N2CCC3(CC2)NC(=O)CO3)cc(-n2ncc3cc(C)c(C4CCN(C5COC5)CC4)cc32)n1. The van der Waals surface area contributed by atoms with Crippen LogP contribution in [0.2, 0.25) is 0 Å². The largest absolute Gasteiger partial charge is 0.378 e. The van der Waals surface area contributed by atoms with Gasteiger partial charge in [0.05, 0.1) is 31.0 Å². The van der Waals surface area contributed by atoms with E-state index in [0.717, 1.165) is 74.8 Å². The van der Waals surface area contributed by atoms with Crippen LogP contribution in [0.1, 0.15) is 48.6 Å². The van der Waals surface area contributed by atoms with E-state index in [-0.39, 0.29) is 12.5 Å². The Labute approximate surface area is 222 Å². The number of nitrogens with one attached hydrogen (secondary N) is 1. The Morgan fingerprint density at radius 3 is 2.45 bits per heavy atom. The lowest BCUT2D eigenvalue weighted by molar-refractivity contribution is -0.119. The Hall–Kier alpha value is -3.08. The summed E-state index contributed by atoms with van der Waals surface area (Å²) in [6.07, 6.45) is 5.75. The molecule has 4 fully saturated rings. The Bertz CT molecular complexity index is 1370. The van der Waals surface area contributed by atoms with E-state index in [1.807, 2.05) is 23.9 Å². The molecule has 1 spiro atoms. The molecule has 0 radical (unpaired) electrons. The number of fused-ring (bicyclic) bond motifs is 1. The van der Waals surface area contributed by atoms with E-state index in [9.17, 15) is 4.79 Å². The second-order valence-corrected chi connectivity index (χ2v) is 11.3. The van der Waals surface area contributed by atoms with Crippen LogP contribution in [0.4, 0.5) is 5.82 Å². The number of nitrogens with zero attached hydrogens (tertiary/aromatic N) is 6. The average molecular weight is 518 g/mol. The summed E-state index contributed by atoms with van der Waals surface area (Å²) in [5.74, 6) is 2.91. The number of aryl methyl sites for hydroxylation is 2. The first kappa shape index (κ1) is 24.0. The predicted molar refractivity (Wildman–Crippen MR) is 143 cm³/mol. The number of likely N-dealkylation sites (tertiary alicyclic amines) is 1. The lowest BCUT2D eigenvalue weighted by Gasteiger charge is -2.41. The van der Waals surface area contributed by atoms with Crippen LogP contribution in [-0.4, -0.2) is 88.3 Å². The van der Waals surface area contributed by atoms with E-state index in [1.165, 1.54) is 24.0 Å². The summed E-state index contributed by atoms with van der Waals surface area (Å²) < 4.78 is 13.2. The van der Waals surface area contributed by atoms with E-state index < -0.39 is 5.72 Å². The van der Waals surface area contributed by atoms with E-state index >= 15 is 0 Å². The van der Waals surface area contributed by atoms with Crippen LogP contribution >= 0.6 is 0 Å². The maximum absolute atomic E-state index is 11.7. The normalized spacial score (nSPS) is 22.8. The summed E-state index contributed by atoms with van der Waals surface area (Å²) in [4.78, 5) is 26.1. The zero-order valence-electron chi connectivity index (χ0n) is 22.2. The Morgan fingerprint density at radius 2 is 1.76 bits per heavy atom. The van der Waals surface area contributed by atoms with Crippen molar-refractivity contribution in [1.29, 1.82) is 0 Å². The maximum atomic E-state index is 11.7. The summed E-state index contributed by atoms with van der Waals surface area (Å²) in [6, 6.07) is 7.26. The first-order chi connectivity index (χ1) is 18.5. The first-order valence-electron chi connectivity index (χ1n) is 13.8. The van der Waals surface area contributed by atoms with Gasteiger partial charge in [-0.2, -0.15) is 5.10 Å². The molecule has 0 unspecified atom stereocenters. The Kier molecular flexibility index (Phi) is 5.86. The van der Waals surface area contributed by atoms with Crippen LogP contribution in [0, 0.1) is 13.8 Å². The van der Waals surface area contributed by atoms with Crippen LogP contribution in [0.3, 0.4) is 0 Å². The monoisotopic (exact) mass is 517 g/mol. The Morgan fingerprint density at radius 1 is 1.00 bits per heavy atom. The lowest BCUT2D eigenvalue weighted by atomic mass is 9.85. The number of benzene rings is 1. The van der Waals surface area contributed by atoms with Crippen molar-refractivity contribution in [3.8, 4) is 5.82 Å². The highest BCUT2D eigenvalue weighted by Gasteiger charge is 2.42. The molecule has 3 aromatic rings. The highest BCUT2D eigenvalue weighted by molar-refractivity contribution is 5.82. The predicted octanol–water partition coefficient (Wildman–Crippen LogP) is 2.45. The summed E-state index contributed by atoms with van der Waals surface area (Å²) in [5.41, 5.74) is 3.33. The molecule has 4 aliphatic heterocycles. The number of ether oxygens (including phenoxy) is 2. The molecule has 10 heteroatoms. The van der Waals surface area contributed by atoms with Gasteiger partial charge >= 0.3 is 0 Å². The minimum absolute atomic E-state index is 0.0303. The minimum atomic E-state index is -0.521. The van der Waals surface area contributed by atoms with Gasteiger partial charge < -0.3 is 19.7 Å². The summed E-state index contributed by atoms with van der Waals surface area (Å²) in [6.45, 7) is 9.86. The van der Waals surface area contributed by atoms with Crippen molar-refractivity contribution in [3.05, 3.63) is 41.3 Å². The molecule has 10 nitrogen and oxygen atoms in total. The molecule has 1 amide bonds. The fraction of sp³-hybridized carbons (Fsp3) is 0.571. The van der Waals surface area contributed by atoms with Gasteiger partial charge in [-0.05, 0) is 69.0 Å². The minimum Gasteiger partial charge on any atom is -0.378 e. The van der Waals surface area contributed by atoms with E-state index in [2.05, 4.69) is 34.2 Å². The second kappa shape index (κ2) is 9.29. The molecule has 38 heavy (non-hydrogen) atoms. The summed E-state index contributed by atoms with van der Waals surface area (Å²) in [7, 11) is 0. The first-order valence-corrected chi connectivity index (χ1v) is 13.8. The van der Waals surface area contributed by atoms with Crippen molar-refractivity contribution in [2.45, 2.75) is 57.2 Å². The highest BCUT2D eigenvalue weighted by atomic mass is 16.5. The molecule has 4 aliphatic rings. The topological polar surface area (TPSA) is 97.6 Å². The van der Waals surface area contributed by atoms with Crippen molar-refractivity contribution in [3.63, 3.8) is 0 Å². The van der Waals surface area contributed by atoms with Crippen LogP contribution in [-0.2, 0) is 14.3 Å². The number of hydrogen-bond donors (Lipinski definition) is 1. The van der Waals surface area contributed by atoms with Crippen LogP contribution in [0.15, 0.2) is 24.4 Å². The van der Waals surface area contributed by atoms with Gasteiger partial charge in [0, 0.05) is 37.4 Å². The molecule has 1 N–H and O–H groups in total. The van der Waals surface area contributed by atoms with Gasteiger partial charge in [-0.25, -0.2) is 14.6 Å². The van der Waals surface area contributed by atoms with Crippen LogP contribution in [0.25, 0.3) is 16.7 Å². The number of rotatable bonds is 4. The van der Waals surface area contributed by atoms with E-state index in [1.54, 1.807) is 0 Å². The molecule has 6 heterocycles. The van der Waals surface area contributed by atoms with Gasteiger partial charge in [-0.15, -0.1) is 0 Å². The van der Waals surface area contributed by atoms with E-state index in [0.29, 0.717) is 17.8 Å². The number of hydrogen-bond acceptors (Lipinski definition) is 8. The van der Waals surface area contributed by atoms with Gasteiger partial charge in [0.25, 0.3) is 0 Å². The zero-order chi connectivity index (χ0) is 25.9. The van der Waals surface area contributed by atoms with Crippen molar-refractivity contribution in [2.75, 3.05) is 50.9 Å². The number of aromatic nitrogens is 4. The third kappa shape index (κ3) is 4.24. The van der Waals surface area contributed by atoms with Gasteiger partial charge in [0.2, 0.25) is 5.91 Å². The Balaban J connectivity index is 1.14. The molecule has 7 rings (SSSR count). The van der Waals surface area contributed by atoms with Crippen LogP contribution in [0.5, 0.6) is 0 Å². The third-order valence-corrected chi connectivity index (χ3v) is 8.83. The molecule has 0 aliphatic carbocycles. The van der Waals surface area contributed by atoms with Gasteiger partial charge in [-0.3, -0.25) is 9.69 Å². The maximum Gasteiger partial charge on any atom is 0.248 e. The number of carbonyl (C=O) groups excluding carboxylic acids is 1. The molecule has 4 saturated heterocycles. The molecule has 200 valence electrons. The number of anilines is 1. The number of amides is 1. The van der Waals surface area contributed by atoms with Crippen molar-refractivity contribution in [1.82, 2.24) is 30.0 Å². The number of carbonyl (C=O) groups is 1. The lowest BCUT2D eigenvalue weighted by Crippen LogP contribution is -2.52. The molecular weight excluding hydrogens is 482 g/mol. The molecule has 0 bridgehead atoms. The molecular formula is C28H35N7O3. The molecule has 2 aromatic heterocycles.